The maximum absolute atomic E-state index is 11.6. The van der Waals surface area contributed by atoms with Crippen LogP contribution in [-0.4, -0.2) is 36.7 Å². The molecule has 1 unspecified atom stereocenters. The molecule has 5 nitrogen and oxygen atoms in total. The number of rotatable bonds is 3. The van der Waals surface area contributed by atoms with Crippen LogP contribution in [0, 0.1) is 0 Å². The Hall–Kier alpha value is -1.10. The molecule has 0 aromatic rings. The summed E-state index contributed by atoms with van der Waals surface area (Å²) in [6, 6.07) is 0. The molecule has 1 N–H and O–H groups in total. The fourth-order valence-electron chi connectivity index (χ4n) is 1.60. The second-order valence-corrected chi connectivity index (χ2v) is 5.08. The Morgan fingerprint density at radius 1 is 1.56 bits per heavy atom. The summed E-state index contributed by atoms with van der Waals surface area (Å²) in [5.74, 6) is 0. The van der Waals surface area contributed by atoms with E-state index in [1.165, 1.54) is 0 Å². The number of hydrogen-bond acceptors (Lipinski definition) is 4. The SMILES string of the molecule is CC(C)(C)OC(=O)NC1(CC=O)CCOC1. The number of nitrogens with one attached hydrogen (secondary N) is 1. The lowest BCUT2D eigenvalue weighted by molar-refractivity contribution is -0.109. The standard InChI is InChI=1S/C11H19NO4/c1-10(2,3)16-9(14)12-11(4-6-13)5-7-15-8-11/h6H,4-5,7-8H2,1-3H3,(H,12,14). The number of carbonyl (C=O) groups is 2. The quantitative estimate of drug-likeness (QED) is 0.740. The molecule has 0 aromatic heterocycles. The molecule has 92 valence electrons. The Balaban J connectivity index is 2.55. The number of alkyl carbamates (subject to hydrolysis) is 1. The van der Waals surface area contributed by atoms with Crippen LogP contribution in [0.25, 0.3) is 0 Å². The number of hydrogen-bond donors (Lipinski definition) is 1. The Morgan fingerprint density at radius 2 is 2.25 bits per heavy atom. The highest BCUT2D eigenvalue weighted by Crippen LogP contribution is 2.22. The molecule has 1 amide bonds. The molecular weight excluding hydrogens is 210 g/mol. The van der Waals surface area contributed by atoms with Gasteiger partial charge in [-0.15, -0.1) is 0 Å². The normalized spacial score (nSPS) is 25.2. The van der Waals surface area contributed by atoms with Crippen molar-refractivity contribution in [1.82, 2.24) is 5.32 Å². The van der Waals surface area contributed by atoms with Crippen LogP contribution in [0.5, 0.6) is 0 Å². The number of aldehydes is 1. The van der Waals surface area contributed by atoms with Gasteiger partial charge >= 0.3 is 6.09 Å². The van der Waals surface area contributed by atoms with Crippen molar-refractivity contribution in [3.8, 4) is 0 Å². The average Bonchev–Trinajstić information content (AvgIpc) is 2.49. The highest BCUT2D eigenvalue weighted by Gasteiger charge is 2.37. The largest absolute Gasteiger partial charge is 0.444 e. The van der Waals surface area contributed by atoms with E-state index in [2.05, 4.69) is 5.32 Å². The van der Waals surface area contributed by atoms with Crippen molar-refractivity contribution in [3.63, 3.8) is 0 Å². The molecule has 1 aliphatic heterocycles. The Labute approximate surface area is 95.5 Å². The van der Waals surface area contributed by atoms with E-state index >= 15 is 0 Å². The van der Waals surface area contributed by atoms with Crippen LogP contribution in [0.2, 0.25) is 0 Å². The number of amides is 1. The van der Waals surface area contributed by atoms with Gasteiger partial charge in [0.05, 0.1) is 12.1 Å². The first-order valence-corrected chi connectivity index (χ1v) is 5.39. The molecule has 1 atom stereocenters. The summed E-state index contributed by atoms with van der Waals surface area (Å²) in [6.07, 6.45) is 1.20. The molecule has 1 saturated heterocycles. The third-order valence-electron chi connectivity index (χ3n) is 2.34. The number of carbonyl (C=O) groups excluding carboxylic acids is 2. The van der Waals surface area contributed by atoms with Crippen molar-refractivity contribution in [3.05, 3.63) is 0 Å². The monoisotopic (exact) mass is 229 g/mol. The summed E-state index contributed by atoms with van der Waals surface area (Å²) >= 11 is 0. The third kappa shape index (κ3) is 3.81. The molecule has 1 heterocycles. The predicted octanol–water partition coefficient (Wildman–Crippen LogP) is 1.26. The molecule has 0 bridgehead atoms. The topological polar surface area (TPSA) is 64.6 Å². The van der Waals surface area contributed by atoms with Crippen molar-refractivity contribution in [2.45, 2.75) is 44.8 Å². The molecule has 16 heavy (non-hydrogen) atoms. The van der Waals surface area contributed by atoms with Crippen molar-refractivity contribution in [2.24, 2.45) is 0 Å². The third-order valence-corrected chi connectivity index (χ3v) is 2.34. The van der Waals surface area contributed by atoms with Crippen LogP contribution in [0.4, 0.5) is 4.79 Å². The molecule has 0 radical (unpaired) electrons. The van der Waals surface area contributed by atoms with Crippen LogP contribution in [0.3, 0.4) is 0 Å². The second kappa shape index (κ2) is 4.82. The Morgan fingerprint density at radius 3 is 2.69 bits per heavy atom. The minimum absolute atomic E-state index is 0.256. The van der Waals surface area contributed by atoms with Crippen LogP contribution in [0.1, 0.15) is 33.6 Å². The van der Waals surface area contributed by atoms with Gasteiger partial charge in [0, 0.05) is 13.0 Å². The first-order chi connectivity index (χ1) is 7.37. The van der Waals surface area contributed by atoms with Crippen LogP contribution < -0.4 is 5.32 Å². The highest BCUT2D eigenvalue weighted by atomic mass is 16.6. The summed E-state index contributed by atoms with van der Waals surface area (Å²) in [7, 11) is 0. The fraction of sp³-hybridized carbons (Fsp3) is 0.818. The van der Waals surface area contributed by atoms with Crippen molar-refractivity contribution < 1.29 is 19.1 Å². The molecule has 0 aromatic carbocycles. The molecule has 1 rings (SSSR count). The van der Waals surface area contributed by atoms with Gasteiger partial charge in [0.15, 0.2) is 0 Å². The van der Waals surface area contributed by atoms with Crippen molar-refractivity contribution in [1.29, 1.82) is 0 Å². The van der Waals surface area contributed by atoms with Gasteiger partial charge in [-0.05, 0) is 27.2 Å². The molecule has 1 fully saturated rings. The minimum Gasteiger partial charge on any atom is -0.444 e. The summed E-state index contributed by atoms with van der Waals surface area (Å²) in [5.41, 5.74) is -1.12. The summed E-state index contributed by atoms with van der Waals surface area (Å²) in [4.78, 5) is 22.2. The van der Waals surface area contributed by atoms with Gasteiger partial charge in [-0.25, -0.2) is 4.79 Å². The lowest BCUT2D eigenvalue weighted by Crippen LogP contribution is -2.50. The molecule has 5 heteroatoms. The summed E-state index contributed by atoms with van der Waals surface area (Å²) < 4.78 is 10.4. The van der Waals surface area contributed by atoms with E-state index in [9.17, 15) is 9.59 Å². The van der Waals surface area contributed by atoms with E-state index in [0.29, 0.717) is 19.6 Å². The first kappa shape index (κ1) is 13.0. The molecule has 0 spiro atoms. The van der Waals surface area contributed by atoms with E-state index < -0.39 is 17.2 Å². The van der Waals surface area contributed by atoms with E-state index in [-0.39, 0.29) is 6.42 Å². The maximum Gasteiger partial charge on any atom is 0.408 e. The summed E-state index contributed by atoms with van der Waals surface area (Å²) in [5, 5.41) is 2.73. The van der Waals surface area contributed by atoms with Crippen molar-refractivity contribution >= 4 is 12.4 Å². The maximum atomic E-state index is 11.6. The molecular formula is C11H19NO4. The van der Waals surface area contributed by atoms with Crippen LogP contribution in [0.15, 0.2) is 0 Å². The zero-order valence-electron chi connectivity index (χ0n) is 10.0. The smallest absolute Gasteiger partial charge is 0.408 e. The van der Waals surface area contributed by atoms with Crippen LogP contribution in [-0.2, 0) is 14.3 Å². The lowest BCUT2D eigenvalue weighted by Gasteiger charge is -2.28. The molecule has 0 aliphatic carbocycles. The van der Waals surface area contributed by atoms with Gasteiger partial charge < -0.3 is 19.6 Å². The van der Waals surface area contributed by atoms with Gasteiger partial charge in [-0.2, -0.15) is 0 Å². The highest BCUT2D eigenvalue weighted by molar-refractivity contribution is 5.70. The predicted molar refractivity (Wildman–Crippen MR) is 58.2 cm³/mol. The Kier molecular flexibility index (Phi) is 3.91. The Bertz CT molecular complexity index is 264. The second-order valence-electron chi connectivity index (χ2n) is 5.08. The minimum atomic E-state index is -0.579. The average molecular weight is 229 g/mol. The van der Waals surface area contributed by atoms with E-state index in [4.69, 9.17) is 9.47 Å². The van der Waals surface area contributed by atoms with E-state index in [0.717, 1.165) is 6.29 Å². The molecule has 1 aliphatic rings. The first-order valence-electron chi connectivity index (χ1n) is 5.39. The molecule has 0 saturated carbocycles. The zero-order valence-corrected chi connectivity index (χ0v) is 10.0. The lowest BCUT2D eigenvalue weighted by atomic mass is 9.95. The fourth-order valence-corrected chi connectivity index (χ4v) is 1.60. The van der Waals surface area contributed by atoms with Crippen LogP contribution >= 0.6 is 0 Å². The summed E-state index contributed by atoms with van der Waals surface area (Å²) in [6.45, 7) is 6.31. The van der Waals surface area contributed by atoms with Gasteiger partial charge in [0.2, 0.25) is 0 Å². The zero-order chi connectivity index (χ0) is 12.2. The van der Waals surface area contributed by atoms with Gasteiger partial charge in [0.25, 0.3) is 0 Å². The van der Waals surface area contributed by atoms with E-state index in [1.54, 1.807) is 20.8 Å². The van der Waals surface area contributed by atoms with Gasteiger partial charge in [-0.3, -0.25) is 0 Å². The number of ether oxygens (including phenoxy) is 2. The van der Waals surface area contributed by atoms with Gasteiger partial charge in [0.1, 0.15) is 11.9 Å². The van der Waals surface area contributed by atoms with Crippen molar-refractivity contribution in [2.75, 3.05) is 13.2 Å². The van der Waals surface area contributed by atoms with E-state index in [1.807, 2.05) is 0 Å². The van der Waals surface area contributed by atoms with Gasteiger partial charge in [-0.1, -0.05) is 0 Å².